The zero-order valence-corrected chi connectivity index (χ0v) is 12.1. The fraction of sp³-hybridized carbons (Fsp3) is 0.562. The van der Waals surface area contributed by atoms with Gasteiger partial charge in [0.1, 0.15) is 0 Å². The maximum Gasteiger partial charge on any atom is 0.303 e. The molecule has 0 bridgehead atoms. The third kappa shape index (κ3) is 3.34. The standard InChI is InChI=1S/C16H24O2/c1-10(7-6-8-15(17)18)16-13(4)11(2)9-12(3)14(16)5/h9-10H,6-8H2,1-5H3,(H,17,18). The van der Waals surface area contributed by atoms with E-state index in [1.165, 1.54) is 27.8 Å². The molecular formula is C16H24O2. The molecule has 0 heterocycles. The zero-order valence-electron chi connectivity index (χ0n) is 12.1. The van der Waals surface area contributed by atoms with E-state index in [1.54, 1.807) is 0 Å². The number of aryl methyl sites for hydroxylation is 2. The summed E-state index contributed by atoms with van der Waals surface area (Å²) in [5, 5.41) is 8.69. The van der Waals surface area contributed by atoms with E-state index >= 15 is 0 Å². The monoisotopic (exact) mass is 248 g/mol. The van der Waals surface area contributed by atoms with Crippen LogP contribution in [0.25, 0.3) is 0 Å². The largest absolute Gasteiger partial charge is 0.481 e. The van der Waals surface area contributed by atoms with Gasteiger partial charge in [0.25, 0.3) is 0 Å². The normalized spacial score (nSPS) is 12.5. The van der Waals surface area contributed by atoms with Crippen molar-refractivity contribution in [3.8, 4) is 0 Å². The van der Waals surface area contributed by atoms with Gasteiger partial charge in [0.15, 0.2) is 0 Å². The quantitative estimate of drug-likeness (QED) is 0.844. The summed E-state index contributed by atoms with van der Waals surface area (Å²) in [6.07, 6.45) is 1.96. The number of aliphatic carboxylic acids is 1. The fourth-order valence-electron chi connectivity index (χ4n) is 2.69. The molecule has 18 heavy (non-hydrogen) atoms. The minimum atomic E-state index is -0.698. The SMILES string of the molecule is Cc1cc(C)c(C)c(C(C)CCCC(=O)O)c1C. The minimum absolute atomic E-state index is 0.271. The Labute approximate surface area is 110 Å². The lowest BCUT2D eigenvalue weighted by Gasteiger charge is -2.21. The highest BCUT2D eigenvalue weighted by Crippen LogP contribution is 2.31. The Kier molecular flexibility index (Phi) is 4.94. The van der Waals surface area contributed by atoms with Crippen LogP contribution in [0.3, 0.4) is 0 Å². The first-order chi connectivity index (χ1) is 8.34. The molecule has 0 spiro atoms. The van der Waals surface area contributed by atoms with Crippen molar-refractivity contribution in [3.05, 3.63) is 33.9 Å². The molecule has 0 radical (unpaired) electrons. The predicted octanol–water partition coefficient (Wildman–Crippen LogP) is 4.28. The lowest BCUT2D eigenvalue weighted by molar-refractivity contribution is -0.137. The van der Waals surface area contributed by atoms with Crippen molar-refractivity contribution < 1.29 is 9.90 Å². The Morgan fingerprint density at radius 3 is 2.11 bits per heavy atom. The van der Waals surface area contributed by atoms with E-state index in [1.807, 2.05) is 0 Å². The lowest BCUT2D eigenvalue weighted by Crippen LogP contribution is -2.05. The lowest BCUT2D eigenvalue weighted by atomic mass is 9.84. The molecule has 1 aromatic rings. The molecule has 0 amide bonds. The van der Waals surface area contributed by atoms with Crippen LogP contribution >= 0.6 is 0 Å². The summed E-state index contributed by atoms with van der Waals surface area (Å²) in [6, 6.07) is 2.23. The first-order valence-corrected chi connectivity index (χ1v) is 6.63. The van der Waals surface area contributed by atoms with E-state index in [2.05, 4.69) is 40.7 Å². The summed E-state index contributed by atoms with van der Waals surface area (Å²) in [5.41, 5.74) is 6.80. The second-order valence-corrected chi connectivity index (χ2v) is 5.36. The van der Waals surface area contributed by atoms with Gasteiger partial charge in [-0.05, 0) is 74.3 Å². The number of hydrogen-bond acceptors (Lipinski definition) is 1. The van der Waals surface area contributed by atoms with Gasteiger partial charge in [-0.25, -0.2) is 0 Å². The number of carboxylic acids is 1. The third-order valence-electron chi connectivity index (χ3n) is 3.94. The van der Waals surface area contributed by atoms with Gasteiger partial charge in [-0.3, -0.25) is 4.79 Å². The van der Waals surface area contributed by atoms with Crippen molar-refractivity contribution in [2.24, 2.45) is 0 Å². The first kappa shape index (κ1) is 14.7. The van der Waals surface area contributed by atoms with Gasteiger partial charge in [0.2, 0.25) is 0 Å². The Balaban J connectivity index is 2.91. The second kappa shape index (κ2) is 6.03. The Morgan fingerprint density at radius 1 is 1.17 bits per heavy atom. The average Bonchev–Trinajstić information content (AvgIpc) is 2.26. The summed E-state index contributed by atoms with van der Waals surface area (Å²) in [6.45, 7) is 10.8. The van der Waals surface area contributed by atoms with Crippen LogP contribution < -0.4 is 0 Å². The average molecular weight is 248 g/mol. The molecule has 2 heteroatoms. The summed E-state index contributed by atoms with van der Waals surface area (Å²) in [4.78, 5) is 10.6. The van der Waals surface area contributed by atoms with Crippen LogP contribution in [0.1, 0.15) is 59.9 Å². The molecule has 1 aromatic carbocycles. The molecule has 0 aliphatic carbocycles. The molecule has 1 atom stereocenters. The van der Waals surface area contributed by atoms with Crippen LogP contribution in [-0.4, -0.2) is 11.1 Å². The van der Waals surface area contributed by atoms with E-state index in [9.17, 15) is 4.79 Å². The van der Waals surface area contributed by atoms with Crippen molar-refractivity contribution in [1.29, 1.82) is 0 Å². The molecule has 0 aliphatic heterocycles. The highest BCUT2D eigenvalue weighted by Gasteiger charge is 2.15. The Hall–Kier alpha value is -1.31. The number of rotatable bonds is 5. The van der Waals surface area contributed by atoms with Crippen molar-refractivity contribution in [2.45, 2.75) is 59.8 Å². The molecule has 1 N–H and O–H groups in total. The van der Waals surface area contributed by atoms with Gasteiger partial charge < -0.3 is 5.11 Å². The Morgan fingerprint density at radius 2 is 1.67 bits per heavy atom. The summed E-state index contributed by atoms with van der Waals surface area (Å²) >= 11 is 0. The highest BCUT2D eigenvalue weighted by molar-refractivity contribution is 5.66. The second-order valence-electron chi connectivity index (χ2n) is 5.36. The van der Waals surface area contributed by atoms with E-state index in [0.29, 0.717) is 5.92 Å². The van der Waals surface area contributed by atoms with Crippen molar-refractivity contribution >= 4 is 5.97 Å². The molecule has 0 saturated heterocycles. The van der Waals surface area contributed by atoms with Crippen molar-refractivity contribution in [1.82, 2.24) is 0 Å². The van der Waals surface area contributed by atoms with Crippen LogP contribution in [0.2, 0.25) is 0 Å². The molecule has 1 rings (SSSR count). The number of hydrogen-bond donors (Lipinski definition) is 1. The third-order valence-corrected chi connectivity index (χ3v) is 3.94. The van der Waals surface area contributed by atoms with Gasteiger partial charge in [-0.1, -0.05) is 13.0 Å². The molecule has 100 valence electrons. The first-order valence-electron chi connectivity index (χ1n) is 6.63. The molecular weight excluding hydrogens is 224 g/mol. The number of carbonyl (C=O) groups is 1. The van der Waals surface area contributed by atoms with Gasteiger partial charge >= 0.3 is 5.97 Å². The van der Waals surface area contributed by atoms with Crippen LogP contribution in [0.5, 0.6) is 0 Å². The molecule has 0 aromatic heterocycles. The van der Waals surface area contributed by atoms with Crippen LogP contribution in [0, 0.1) is 27.7 Å². The van der Waals surface area contributed by atoms with E-state index in [-0.39, 0.29) is 6.42 Å². The van der Waals surface area contributed by atoms with Crippen LogP contribution in [0.15, 0.2) is 6.07 Å². The predicted molar refractivity (Wildman–Crippen MR) is 75.3 cm³/mol. The van der Waals surface area contributed by atoms with Crippen molar-refractivity contribution in [2.75, 3.05) is 0 Å². The molecule has 0 saturated carbocycles. The van der Waals surface area contributed by atoms with Crippen LogP contribution in [-0.2, 0) is 4.79 Å². The number of carboxylic acid groups (broad SMARTS) is 1. The van der Waals surface area contributed by atoms with E-state index in [4.69, 9.17) is 5.11 Å². The van der Waals surface area contributed by atoms with Crippen molar-refractivity contribution in [3.63, 3.8) is 0 Å². The highest BCUT2D eigenvalue weighted by atomic mass is 16.4. The fourth-order valence-corrected chi connectivity index (χ4v) is 2.69. The summed E-state index contributed by atoms with van der Waals surface area (Å²) < 4.78 is 0. The summed E-state index contributed by atoms with van der Waals surface area (Å²) in [7, 11) is 0. The van der Waals surface area contributed by atoms with Crippen LogP contribution in [0.4, 0.5) is 0 Å². The van der Waals surface area contributed by atoms with Gasteiger partial charge in [-0.15, -0.1) is 0 Å². The van der Waals surface area contributed by atoms with E-state index < -0.39 is 5.97 Å². The maximum absolute atomic E-state index is 10.6. The molecule has 1 unspecified atom stereocenters. The van der Waals surface area contributed by atoms with E-state index in [0.717, 1.165) is 12.8 Å². The molecule has 2 nitrogen and oxygen atoms in total. The topological polar surface area (TPSA) is 37.3 Å². The van der Waals surface area contributed by atoms with Gasteiger partial charge in [-0.2, -0.15) is 0 Å². The number of benzene rings is 1. The summed E-state index contributed by atoms with van der Waals surface area (Å²) in [5.74, 6) is -0.265. The maximum atomic E-state index is 10.6. The molecule has 0 aliphatic rings. The smallest absolute Gasteiger partial charge is 0.303 e. The van der Waals surface area contributed by atoms with Gasteiger partial charge in [0, 0.05) is 6.42 Å². The Bertz CT molecular complexity index is 421. The minimum Gasteiger partial charge on any atom is -0.481 e. The van der Waals surface area contributed by atoms with Gasteiger partial charge in [0.05, 0.1) is 0 Å². The zero-order chi connectivity index (χ0) is 13.9. The molecule has 0 fully saturated rings.